The topological polar surface area (TPSA) is 66.8 Å². The van der Waals surface area contributed by atoms with Crippen LogP contribution in [0.4, 0.5) is 8.78 Å². The maximum atomic E-state index is 14.8. The Morgan fingerprint density at radius 3 is 2.17 bits per heavy atom. The summed E-state index contributed by atoms with van der Waals surface area (Å²) in [5, 5.41) is -0.142. The van der Waals surface area contributed by atoms with Crippen LogP contribution in [0.2, 0.25) is 0 Å². The first-order chi connectivity index (χ1) is 13.6. The summed E-state index contributed by atoms with van der Waals surface area (Å²) in [5.41, 5.74) is 1.22. The van der Waals surface area contributed by atoms with Gasteiger partial charge in [0.1, 0.15) is 5.75 Å². The Morgan fingerprint density at radius 1 is 1.07 bits per heavy atom. The van der Waals surface area contributed by atoms with Gasteiger partial charge in [-0.1, -0.05) is 12.1 Å². The minimum Gasteiger partial charge on any atom is -0.454 e. The Hall–Kier alpha value is -2.01. The van der Waals surface area contributed by atoms with Gasteiger partial charge in [0, 0.05) is 0 Å². The van der Waals surface area contributed by atoms with E-state index in [0.717, 1.165) is 25.7 Å². The highest BCUT2D eigenvalue weighted by atomic mass is 31.2. The predicted octanol–water partition coefficient (Wildman–Crippen LogP) is 5.64. The fourth-order valence-electron chi connectivity index (χ4n) is 3.97. The molecule has 1 fully saturated rings. The molecular weight excluding hydrogens is 397 g/mol. The van der Waals surface area contributed by atoms with Gasteiger partial charge in [-0.15, -0.1) is 6.58 Å². The minimum atomic E-state index is -4.42. The van der Waals surface area contributed by atoms with Gasteiger partial charge in [0.05, 0.1) is 5.30 Å². The van der Waals surface area contributed by atoms with Crippen molar-refractivity contribution in [2.24, 2.45) is 5.92 Å². The first kappa shape index (κ1) is 21.7. The summed E-state index contributed by atoms with van der Waals surface area (Å²) in [6.45, 7) is 7.00. The molecule has 3 rings (SSSR count). The molecule has 4 nitrogen and oxygen atoms in total. The Labute approximate surface area is 169 Å². The van der Waals surface area contributed by atoms with Gasteiger partial charge < -0.3 is 14.5 Å². The van der Waals surface area contributed by atoms with E-state index in [9.17, 15) is 23.1 Å². The zero-order chi connectivity index (χ0) is 21.3. The molecule has 0 aliphatic heterocycles. The van der Waals surface area contributed by atoms with E-state index in [0.29, 0.717) is 22.6 Å². The molecule has 0 atom stereocenters. The number of ether oxygens (including phenoxy) is 1. The van der Waals surface area contributed by atoms with Crippen molar-refractivity contribution in [2.75, 3.05) is 0 Å². The molecule has 1 aliphatic carbocycles. The number of aryl methyl sites for hydroxylation is 2. The van der Waals surface area contributed by atoms with Gasteiger partial charge in [-0.2, -0.15) is 4.39 Å². The molecular formula is C22H25F2O4P. The average molecular weight is 422 g/mol. The van der Waals surface area contributed by atoms with Gasteiger partial charge in [-0.3, -0.25) is 4.57 Å². The molecule has 29 heavy (non-hydrogen) atoms. The van der Waals surface area contributed by atoms with Gasteiger partial charge in [0.25, 0.3) is 0 Å². The van der Waals surface area contributed by atoms with E-state index in [4.69, 9.17) is 4.74 Å². The lowest BCUT2D eigenvalue weighted by molar-refractivity contribution is 0.358. The summed E-state index contributed by atoms with van der Waals surface area (Å²) in [5.74, 6) is -1.54. The standard InChI is InChI=1S/C22H25F2O4P/c1-4-15-5-7-16(8-6-15)18-9-10-19(21(24)20(18)23)28-22-13(2)11-17(12-14(22)3)29(25,26)27/h4,9-12,15-16H,1,5-8H2,2-3H3,(H2,25,26,27). The molecule has 0 aromatic heterocycles. The van der Waals surface area contributed by atoms with Crippen LogP contribution in [0.1, 0.15) is 48.3 Å². The number of hydrogen-bond acceptors (Lipinski definition) is 2. The number of allylic oxidation sites excluding steroid dienone is 1. The number of halogens is 2. The molecule has 156 valence electrons. The van der Waals surface area contributed by atoms with Crippen LogP contribution in [0.3, 0.4) is 0 Å². The SMILES string of the molecule is C=CC1CCC(c2ccc(Oc3c(C)cc(P(=O)(O)O)cc3C)c(F)c2F)CC1. The number of rotatable bonds is 5. The second kappa shape index (κ2) is 8.39. The fourth-order valence-corrected chi connectivity index (χ4v) is 4.70. The van der Waals surface area contributed by atoms with Crippen LogP contribution in [0.15, 0.2) is 36.9 Å². The van der Waals surface area contributed by atoms with Crippen molar-refractivity contribution in [3.05, 3.63) is 65.2 Å². The van der Waals surface area contributed by atoms with Gasteiger partial charge in [0.15, 0.2) is 11.6 Å². The molecule has 0 bridgehead atoms. The molecule has 0 spiro atoms. The third-order valence-electron chi connectivity index (χ3n) is 5.62. The van der Waals surface area contributed by atoms with E-state index in [1.807, 2.05) is 6.08 Å². The molecule has 1 saturated carbocycles. The predicted molar refractivity (Wildman–Crippen MR) is 109 cm³/mol. The summed E-state index contributed by atoms with van der Waals surface area (Å²) in [6.07, 6.45) is 5.33. The highest BCUT2D eigenvalue weighted by Gasteiger charge is 2.26. The normalized spacial score (nSPS) is 19.8. The lowest BCUT2D eigenvalue weighted by Crippen LogP contribution is -2.13. The van der Waals surface area contributed by atoms with Crippen molar-refractivity contribution in [2.45, 2.75) is 45.4 Å². The third kappa shape index (κ3) is 4.61. The highest BCUT2D eigenvalue weighted by Crippen LogP contribution is 2.41. The van der Waals surface area contributed by atoms with Crippen LogP contribution < -0.4 is 10.0 Å². The van der Waals surface area contributed by atoms with Crippen molar-refractivity contribution in [1.82, 2.24) is 0 Å². The maximum absolute atomic E-state index is 14.8. The second-order valence-electron chi connectivity index (χ2n) is 7.68. The molecule has 0 unspecified atom stereocenters. The molecule has 2 N–H and O–H groups in total. The summed E-state index contributed by atoms with van der Waals surface area (Å²) in [7, 11) is -4.42. The van der Waals surface area contributed by atoms with E-state index in [1.54, 1.807) is 19.9 Å². The molecule has 0 saturated heterocycles. The van der Waals surface area contributed by atoms with Crippen LogP contribution in [0.25, 0.3) is 0 Å². The largest absolute Gasteiger partial charge is 0.454 e. The third-order valence-corrected chi connectivity index (χ3v) is 6.55. The van der Waals surface area contributed by atoms with Crippen LogP contribution >= 0.6 is 7.60 Å². The zero-order valence-electron chi connectivity index (χ0n) is 16.5. The molecule has 0 radical (unpaired) electrons. The Morgan fingerprint density at radius 2 is 1.66 bits per heavy atom. The van der Waals surface area contributed by atoms with Gasteiger partial charge in [0.2, 0.25) is 5.82 Å². The summed E-state index contributed by atoms with van der Waals surface area (Å²) in [4.78, 5) is 18.7. The quantitative estimate of drug-likeness (QED) is 0.484. The maximum Gasteiger partial charge on any atom is 0.356 e. The monoisotopic (exact) mass is 422 g/mol. The van der Waals surface area contributed by atoms with Crippen LogP contribution in [0, 0.1) is 31.4 Å². The lowest BCUT2D eigenvalue weighted by atomic mass is 9.78. The lowest BCUT2D eigenvalue weighted by Gasteiger charge is -2.27. The molecule has 7 heteroatoms. The molecule has 0 amide bonds. The van der Waals surface area contributed by atoms with Crippen LogP contribution in [-0.4, -0.2) is 9.79 Å². The second-order valence-corrected chi connectivity index (χ2v) is 9.29. The average Bonchev–Trinajstić information content (AvgIpc) is 2.67. The Bertz CT molecular complexity index is 952. The van der Waals surface area contributed by atoms with E-state index in [1.165, 1.54) is 18.2 Å². The molecule has 2 aromatic rings. The van der Waals surface area contributed by atoms with Crippen molar-refractivity contribution in [1.29, 1.82) is 0 Å². The van der Waals surface area contributed by atoms with Gasteiger partial charge >= 0.3 is 7.60 Å². The Kier molecular flexibility index (Phi) is 6.27. The van der Waals surface area contributed by atoms with Crippen LogP contribution in [-0.2, 0) is 4.57 Å². The van der Waals surface area contributed by atoms with Crippen molar-refractivity contribution in [3.63, 3.8) is 0 Å². The molecule has 1 aliphatic rings. The first-order valence-electron chi connectivity index (χ1n) is 9.57. The fraction of sp³-hybridized carbons (Fsp3) is 0.364. The van der Waals surface area contributed by atoms with Gasteiger partial charge in [-0.05, 0) is 86.3 Å². The molecule has 2 aromatic carbocycles. The van der Waals surface area contributed by atoms with Crippen molar-refractivity contribution >= 4 is 12.9 Å². The minimum absolute atomic E-state index is 0.0271. The van der Waals surface area contributed by atoms with E-state index in [2.05, 4.69) is 6.58 Å². The number of benzene rings is 2. The van der Waals surface area contributed by atoms with E-state index < -0.39 is 19.2 Å². The molecule has 0 heterocycles. The summed E-state index contributed by atoms with van der Waals surface area (Å²) < 4.78 is 46.6. The van der Waals surface area contributed by atoms with Crippen molar-refractivity contribution in [3.8, 4) is 11.5 Å². The first-order valence-corrected chi connectivity index (χ1v) is 11.2. The number of hydrogen-bond donors (Lipinski definition) is 2. The Balaban J connectivity index is 1.87. The highest BCUT2D eigenvalue weighted by molar-refractivity contribution is 7.60. The zero-order valence-corrected chi connectivity index (χ0v) is 17.4. The summed E-state index contributed by atoms with van der Waals surface area (Å²) in [6, 6.07) is 5.58. The smallest absolute Gasteiger partial charge is 0.356 e. The summed E-state index contributed by atoms with van der Waals surface area (Å²) >= 11 is 0. The van der Waals surface area contributed by atoms with E-state index >= 15 is 0 Å². The van der Waals surface area contributed by atoms with Gasteiger partial charge in [-0.25, -0.2) is 4.39 Å². The van der Waals surface area contributed by atoms with E-state index in [-0.39, 0.29) is 22.7 Å². The van der Waals surface area contributed by atoms with Crippen molar-refractivity contribution < 1.29 is 27.9 Å². The van der Waals surface area contributed by atoms with Crippen LogP contribution in [0.5, 0.6) is 11.5 Å².